The molecular formula is C31H28N4O5. The molecule has 1 amide bonds. The molecule has 1 saturated heterocycles. The van der Waals surface area contributed by atoms with Crippen molar-refractivity contribution in [1.82, 2.24) is 14.9 Å². The fourth-order valence-electron chi connectivity index (χ4n) is 4.78. The Labute approximate surface area is 231 Å². The van der Waals surface area contributed by atoms with Crippen LogP contribution in [0.4, 0.5) is 11.5 Å². The number of likely N-dealkylation sites (tertiary alicyclic amines) is 1. The number of nitrogens with one attached hydrogen (secondary N) is 1. The lowest BCUT2D eigenvalue weighted by Crippen LogP contribution is -2.55. The van der Waals surface area contributed by atoms with Gasteiger partial charge in [0, 0.05) is 16.8 Å². The van der Waals surface area contributed by atoms with Crippen LogP contribution in [-0.2, 0) is 4.79 Å². The molecule has 0 bridgehead atoms. The number of fused-ring (bicyclic) bond motifs is 2. The van der Waals surface area contributed by atoms with E-state index >= 15 is 0 Å². The minimum Gasteiger partial charge on any atom is -0.493 e. The van der Waals surface area contributed by atoms with Gasteiger partial charge in [0.25, 0.3) is 0 Å². The smallest absolute Gasteiger partial charge is 0.246 e. The highest BCUT2D eigenvalue weighted by molar-refractivity contribution is 5.94. The van der Waals surface area contributed by atoms with E-state index in [4.69, 9.17) is 18.6 Å². The van der Waals surface area contributed by atoms with Crippen molar-refractivity contribution in [3.05, 3.63) is 79.8 Å². The summed E-state index contributed by atoms with van der Waals surface area (Å²) in [5.74, 6) is 2.29. The summed E-state index contributed by atoms with van der Waals surface area (Å²) in [7, 11) is 1.59. The number of carbonyl (C=O) groups excluding carboxylic acids is 1. The predicted molar refractivity (Wildman–Crippen MR) is 153 cm³/mol. The number of anilines is 2. The van der Waals surface area contributed by atoms with E-state index < -0.39 is 0 Å². The van der Waals surface area contributed by atoms with E-state index in [1.54, 1.807) is 18.3 Å². The zero-order valence-corrected chi connectivity index (χ0v) is 22.2. The monoisotopic (exact) mass is 536 g/mol. The van der Waals surface area contributed by atoms with Gasteiger partial charge in [0.2, 0.25) is 5.91 Å². The summed E-state index contributed by atoms with van der Waals surface area (Å²) in [6, 6.07) is 17.8. The Morgan fingerprint density at radius 2 is 1.90 bits per heavy atom. The molecule has 3 heterocycles. The molecule has 5 aromatic rings. The molecule has 0 spiro atoms. The molecule has 1 fully saturated rings. The van der Waals surface area contributed by atoms with Crippen LogP contribution in [0.15, 0.2) is 84.3 Å². The molecule has 0 unspecified atom stereocenters. The molecule has 0 radical (unpaired) electrons. The molecular weight excluding hydrogens is 508 g/mol. The lowest BCUT2D eigenvalue weighted by molar-refractivity contribution is -0.134. The highest BCUT2D eigenvalue weighted by Gasteiger charge is 2.31. The highest BCUT2D eigenvalue weighted by Crippen LogP contribution is 2.38. The zero-order chi connectivity index (χ0) is 27.6. The normalized spacial score (nSPS) is 13.2. The minimum atomic E-state index is -0.148. The van der Waals surface area contributed by atoms with Crippen molar-refractivity contribution < 1.29 is 23.4 Å². The van der Waals surface area contributed by atoms with E-state index in [-0.39, 0.29) is 12.0 Å². The van der Waals surface area contributed by atoms with Crippen molar-refractivity contribution in [2.24, 2.45) is 0 Å². The lowest BCUT2D eigenvalue weighted by atomic mass is 10.0. The Balaban J connectivity index is 1.34. The molecule has 202 valence electrons. The van der Waals surface area contributed by atoms with Crippen LogP contribution in [0, 0.1) is 0 Å². The number of amides is 1. The number of aromatic nitrogens is 2. The van der Waals surface area contributed by atoms with Gasteiger partial charge in [-0.15, -0.1) is 0 Å². The quantitative estimate of drug-likeness (QED) is 0.230. The number of hydrogen-bond acceptors (Lipinski definition) is 8. The maximum Gasteiger partial charge on any atom is 0.246 e. The second-order valence-electron chi connectivity index (χ2n) is 9.37. The minimum absolute atomic E-state index is 0.109. The number of ether oxygens (including phenoxy) is 3. The van der Waals surface area contributed by atoms with Crippen LogP contribution in [0.1, 0.15) is 6.92 Å². The summed E-state index contributed by atoms with van der Waals surface area (Å²) in [6.45, 7) is 6.97. The first-order chi connectivity index (χ1) is 19.6. The number of furan rings is 1. The lowest BCUT2D eigenvalue weighted by Gasteiger charge is -2.38. The maximum atomic E-state index is 11.8. The summed E-state index contributed by atoms with van der Waals surface area (Å²) in [6.07, 6.45) is 4.36. The molecule has 3 aromatic carbocycles. The molecule has 40 heavy (non-hydrogen) atoms. The summed E-state index contributed by atoms with van der Waals surface area (Å²) in [5, 5.41) is 5.25. The summed E-state index contributed by atoms with van der Waals surface area (Å²) in [4.78, 5) is 22.5. The van der Waals surface area contributed by atoms with Crippen LogP contribution in [0.3, 0.4) is 0 Å². The first-order valence-electron chi connectivity index (χ1n) is 13.0. The Morgan fingerprint density at radius 3 is 2.70 bits per heavy atom. The maximum absolute atomic E-state index is 11.8. The van der Waals surface area contributed by atoms with Gasteiger partial charge in [-0.1, -0.05) is 18.7 Å². The topological polar surface area (TPSA) is 99.0 Å². The van der Waals surface area contributed by atoms with Gasteiger partial charge in [-0.25, -0.2) is 9.97 Å². The number of carbonyl (C=O) groups is 1. The van der Waals surface area contributed by atoms with E-state index in [1.807, 2.05) is 55.5 Å². The van der Waals surface area contributed by atoms with E-state index in [2.05, 4.69) is 27.9 Å². The van der Waals surface area contributed by atoms with Gasteiger partial charge < -0.3 is 28.8 Å². The number of nitrogens with zero attached hydrogens (tertiary/aromatic N) is 3. The summed E-state index contributed by atoms with van der Waals surface area (Å²) in [5.41, 5.74) is 4.37. The second-order valence-corrected chi connectivity index (χ2v) is 9.37. The van der Waals surface area contributed by atoms with Gasteiger partial charge >= 0.3 is 0 Å². The largest absolute Gasteiger partial charge is 0.493 e. The first kappa shape index (κ1) is 25.2. The molecule has 9 heteroatoms. The standard InChI is InChI=1S/C31H28N4O5/c1-4-30(36)35-16-22(17-35)40-29-14-23-24(15-28(29)37-3)32-18-33-31(23)34-25-13-20(7-9-27(25)38-5-2)19-6-8-26-21(12-19)10-11-39-26/h4,6-15,18,22H,1,5,16-17H2,2-3H3,(H,32,33,34). The van der Waals surface area contributed by atoms with Crippen molar-refractivity contribution in [1.29, 1.82) is 0 Å². The third kappa shape index (κ3) is 4.77. The molecule has 0 atom stereocenters. The van der Waals surface area contributed by atoms with Crippen LogP contribution >= 0.6 is 0 Å². The van der Waals surface area contributed by atoms with Gasteiger partial charge in [0.05, 0.1) is 44.3 Å². The van der Waals surface area contributed by atoms with Crippen molar-refractivity contribution in [2.45, 2.75) is 13.0 Å². The van der Waals surface area contributed by atoms with Crippen LogP contribution < -0.4 is 19.5 Å². The van der Waals surface area contributed by atoms with E-state index in [0.717, 1.165) is 33.2 Å². The Bertz CT molecular complexity index is 1720. The SMILES string of the molecule is C=CC(=O)N1CC(Oc2cc3c(Nc4cc(-c5ccc6occc6c5)ccc4OCC)ncnc3cc2OC)C1. The fourth-order valence-corrected chi connectivity index (χ4v) is 4.78. The van der Waals surface area contributed by atoms with Gasteiger partial charge in [0.15, 0.2) is 11.5 Å². The number of rotatable bonds is 9. The van der Waals surface area contributed by atoms with Gasteiger partial charge in [-0.2, -0.15) is 0 Å². The zero-order valence-electron chi connectivity index (χ0n) is 22.2. The number of benzene rings is 3. The van der Waals surface area contributed by atoms with Crippen LogP contribution in [0.25, 0.3) is 33.0 Å². The molecule has 1 aliphatic heterocycles. The Kier molecular flexibility index (Phi) is 6.69. The van der Waals surface area contributed by atoms with Gasteiger partial charge in [0.1, 0.15) is 29.6 Å². The molecule has 1 aliphatic rings. The second kappa shape index (κ2) is 10.6. The third-order valence-corrected chi connectivity index (χ3v) is 6.87. The van der Waals surface area contributed by atoms with Crippen LogP contribution in [0.2, 0.25) is 0 Å². The summed E-state index contributed by atoms with van der Waals surface area (Å²) >= 11 is 0. The van der Waals surface area contributed by atoms with Crippen molar-refractivity contribution >= 4 is 39.3 Å². The predicted octanol–water partition coefficient (Wildman–Crippen LogP) is 5.97. The molecule has 0 aliphatic carbocycles. The molecule has 6 rings (SSSR count). The average Bonchev–Trinajstić information content (AvgIpc) is 3.43. The van der Waals surface area contributed by atoms with Gasteiger partial charge in [-0.05, 0) is 60.5 Å². The highest BCUT2D eigenvalue weighted by atomic mass is 16.5. The number of hydrogen-bond donors (Lipinski definition) is 1. The average molecular weight is 537 g/mol. The third-order valence-electron chi connectivity index (χ3n) is 6.87. The molecule has 2 aromatic heterocycles. The first-order valence-corrected chi connectivity index (χ1v) is 13.0. The van der Waals surface area contributed by atoms with E-state index in [0.29, 0.717) is 48.3 Å². The summed E-state index contributed by atoms with van der Waals surface area (Å²) < 4.78 is 23.2. The Hall–Kier alpha value is -5.05. The van der Waals surface area contributed by atoms with Gasteiger partial charge in [-0.3, -0.25) is 4.79 Å². The molecule has 1 N–H and O–H groups in total. The molecule has 9 nitrogen and oxygen atoms in total. The van der Waals surface area contributed by atoms with Crippen molar-refractivity contribution in [3.8, 4) is 28.4 Å². The van der Waals surface area contributed by atoms with Crippen molar-refractivity contribution in [2.75, 3.05) is 32.1 Å². The van der Waals surface area contributed by atoms with Crippen molar-refractivity contribution in [3.63, 3.8) is 0 Å². The van der Waals surface area contributed by atoms with Crippen LogP contribution in [-0.4, -0.2) is 53.7 Å². The van der Waals surface area contributed by atoms with E-state index in [1.165, 1.54) is 12.4 Å². The molecule has 0 saturated carbocycles. The van der Waals surface area contributed by atoms with Crippen LogP contribution in [0.5, 0.6) is 17.2 Å². The Morgan fingerprint density at radius 1 is 1.07 bits per heavy atom. The fraction of sp³-hybridized carbons (Fsp3) is 0.194. The van der Waals surface area contributed by atoms with E-state index in [9.17, 15) is 4.79 Å². The number of methoxy groups -OCH3 is 1.